The number of carbonyl (C=O) groups excluding carboxylic acids is 1. The van der Waals surface area contributed by atoms with Gasteiger partial charge in [0.2, 0.25) is 0 Å². The molecule has 2 heterocycles. The van der Waals surface area contributed by atoms with E-state index >= 15 is 0 Å². The van der Waals surface area contributed by atoms with Crippen LogP contribution in [0.4, 0.5) is 11.4 Å². The van der Waals surface area contributed by atoms with Crippen LogP contribution in [0.15, 0.2) is 116 Å². The first-order valence-electron chi connectivity index (χ1n) is 10.4. The molecule has 0 aromatic heterocycles. The fourth-order valence-corrected chi connectivity index (χ4v) is 5.87. The zero-order chi connectivity index (χ0) is 22.8. The van der Waals surface area contributed by atoms with Gasteiger partial charge >= 0.3 is 0 Å². The van der Waals surface area contributed by atoms with Crippen molar-refractivity contribution >= 4 is 57.6 Å². The summed E-state index contributed by atoms with van der Waals surface area (Å²) < 4.78 is 0. The second-order valence-electron chi connectivity index (χ2n) is 7.52. The molecule has 3 nitrogen and oxygen atoms in total. The van der Waals surface area contributed by atoms with Crippen molar-refractivity contribution in [3.05, 3.63) is 108 Å². The number of para-hydroxylation sites is 2. The van der Waals surface area contributed by atoms with E-state index in [1.807, 2.05) is 85.8 Å². The molecule has 0 aliphatic carbocycles. The number of benzene rings is 4. The highest BCUT2D eigenvalue weighted by Crippen LogP contribution is 2.40. The van der Waals surface area contributed by atoms with Crippen molar-refractivity contribution in [3.63, 3.8) is 0 Å². The Morgan fingerprint density at radius 1 is 0.727 bits per heavy atom. The maximum absolute atomic E-state index is 12.1. The van der Waals surface area contributed by atoms with Crippen molar-refractivity contribution in [2.45, 2.75) is 26.5 Å². The first-order valence-corrected chi connectivity index (χ1v) is 12.4. The summed E-state index contributed by atoms with van der Waals surface area (Å²) >= 11 is 9.56. The lowest BCUT2D eigenvalue weighted by Crippen LogP contribution is -2.11. The SMILES string of the molecule is Cc1ccc2c(c1)C(=O)Nc1ccccc1S2.ClC1=Nc2ccccc2Sc2ccccc21. The van der Waals surface area contributed by atoms with E-state index in [-0.39, 0.29) is 5.91 Å². The van der Waals surface area contributed by atoms with Gasteiger partial charge in [0, 0.05) is 25.1 Å². The largest absolute Gasteiger partial charge is 0.321 e. The number of nitrogens with zero attached hydrogens (tertiary/aromatic N) is 1. The fraction of sp³-hybridized carbons (Fsp3) is 0.0370. The van der Waals surface area contributed by atoms with Crippen molar-refractivity contribution in [1.82, 2.24) is 0 Å². The molecule has 33 heavy (non-hydrogen) atoms. The molecule has 0 atom stereocenters. The Labute approximate surface area is 206 Å². The van der Waals surface area contributed by atoms with Gasteiger partial charge in [-0.15, -0.1) is 0 Å². The van der Waals surface area contributed by atoms with Gasteiger partial charge in [0.15, 0.2) is 0 Å². The third-order valence-corrected chi connectivity index (χ3v) is 7.73. The Morgan fingerprint density at radius 3 is 2.21 bits per heavy atom. The van der Waals surface area contributed by atoms with E-state index in [2.05, 4.69) is 22.4 Å². The van der Waals surface area contributed by atoms with Gasteiger partial charge < -0.3 is 5.32 Å². The zero-order valence-electron chi connectivity index (χ0n) is 17.7. The third-order valence-electron chi connectivity index (χ3n) is 5.15. The highest BCUT2D eigenvalue weighted by molar-refractivity contribution is 8.00. The molecular weight excluding hydrogens is 468 g/mol. The quantitative estimate of drug-likeness (QED) is 0.272. The molecule has 0 saturated carbocycles. The number of anilines is 1. The number of aryl methyl sites for hydroxylation is 1. The smallest absolute Gasteiger partial charge is 0.256 e. The zero-order valence-corrected chi connectivity index (χ0v) is 20.1. The van der Waals surface area contributed by atoms with Crippen molar-refractivity contribution in [1.29, 1.82) is 0 Å². The summed E-state index contributed by atoms with van der Waals surface area (Å²) in [6.07, 6.45) is 0. The highest BCUT2D eigenvalue weighted by Gasteiger charge is 2.19. The van der Waals surface area contributed by atoms with E-state index in [4.69, 9.17) is 11.6 Å². The molecule has 0 bridgehead atoms. The maximum Gasteiger partial charge on any atom is 0.256 e. The van der Waals surface area contributed by atoms with Crippen LogP contribution >= 0.6 is 35.1 Å². The molecule has 0 saturated heterocycles. The van der Waals surface area contributed by atoms with Gasteiger partial charge in [-0.05, 0) is 49.4 Å². The Bertz CT molecular complexity index is 1400. The second-order valence-corrected chi connectivity index (χ2v) is 10.0. The van der Waals surface area contributed by atoms with Crippen LogP contribution in [0, 0.1) is 6.92 Å². The van der Waals surface area contributed by atoms with Crippen molar-refractivity contribution in [2.24, 2.45) is 4.99 Å². The van der Waals surface area contributed by atoms with E-state index in [1.165, 1.54) is 0 Å². The van der Waals surface area contributed by atoms with E-state index in [0.717, 1.165) is 47.6 Å². The van der Waals surface area contributed by atoms with Gasteiger partial charge in [0.25, 0.3) is 5.91 Å². The van der Waals surface area contributed by atoms with Crippen LogP contribution in [0.25, 0.3) is 0 Å². The number of hydrogen-bond donors (Lipinski definition) is 1. The molecule has 6 rings (SSSR count). The van der Waals surface area contributed by atoms with Gasteiger partial charge in [0.05, 0.1) is 16.9 Å². The van der Waals surface area contributed by atoms with Gasteiger partial charge in [-0.25, -0.2) is 4.99 Å². The van der Waals surface area contributed by atoms with Gasteiger partial charge in [-0.1, -0.05) is 89.2 Å². The first-order chi connectivity index (χ1) is 16.1. The van der Waals surface area contributed by atoms with E-state index in [9.17, 15) is 4.79 Å². The Kier molecular flexibility index (Phi) is 6.27. The first kappa shape index (κ1) is 21.8. The van der Waals surface area contributed by atoms with Gasteiger partial charge in [0.1, 0.15) is 5.17 Å². The summed E-state index contributed by atoms with van der Waals surface area (Å²) in [4.78, 5) is 20.9. The van der Waals surface area contributed by atoms with Crippen molar-refractivity contribution in [2.75, 3.05) is 5.32 Å². The van der Waals surface area contributed by atoms with Crippen LogP contribution in [0.3, 0.4) is 0 Å². The van der Waals surface area contributed by atoms with Crippen LogP contribution in [0.2, 0.25) is 0 Å². The molecule has 0 fully saturated rings. The molecule has 6 heteroatoms. The Balaban J connectivity index is 0.000000139. The standard InChI is InChI=1S/C14H11NOS.C13H8ClNS/c1-9-6-7-12-10(8-9)14(16)15-11-4-2-3-5-13(11)17-12;14-13-9-5-1-3-7-11(9)16-12-8-4-2-6-10(12)15-13/h2-8H,1H3,(H,15,16);1-8H. The average molecular weight is 487 g/mol. The number of aliphatic imine (C=N–C) groups is 1. The monoisotopic (exact) mass is 486 g/mol. The number of amides is 1. The molecule has 0 radical (unpaired) electrons. The minimum atomic E-state index is -0.0267. The topological polar surface area (TPSA) is 41.5 Å². The molecule has 2 aliphatic heterocycles. The molecule has 0 spiro atoms. The molecule has 2 aliphatic rings. The number of carbonyl (C=O) groups is 1. The molecule has 4 aromatic carbocycles. The number of halogens is 1. The predicted molar refractivity (Wildman–Crippen MR) is 139 cm³/mol. The molecular formula is C27H19ClN2OS2. The third kappa shape index (κ3) is 4.71. The summed E-state index contributed by atoms with van der Waals surface area (Å²) in [6, 6.07) is 30.0. The number of rotatable bonds is 0. The van der Waals surface area contributed by atoms with Gasteiger partial charge in [-0.2, -0.15) is 0 Å². The number of nitrogens with one attached hydrogen (secondary N) is 1. The summed E-state index contributed by atoms with van der Waals surface area (Å²) in [7, 11) is 0. The van der Waals surface area contributed by atoms with Crippen molar-refractivity contribution < 1.29 is 4.79 Å². The molecule has 0 unspecified atom stereocenters. The van der Waals surface area contributed by atoms with Crippen molar-refractivity contribution in [3.8, 4) is 0 Å². The van der Waals surface area contributed by atoms with Crippen LogP contribution in [0.1, 0.15) is 21.5 Å². The van der Waals surface area contributed by atoms with Crippen LogP contribution in [0.5, 0.6) is 0 Å². The Morgan fingerprint density at radius 2 is 1.36 bits per heavy atom. The normalized spacial score (nSPS) is 13.4. The molecule has 4 aromatic rings. The number of fused-ring (bicyclic) bond motifs is 4. The lowest BCUT2D eigenvalue weighted by Gasteiger charge is -2.04. The van der Waals surface area contributed by atoms with E-state index < -0.39 is 0 Å². The highest BCUT2D eigenvalue weighted by atomic mass is 35.5. The average Bonchev–Trinajstić information content (AvgIpc) is 3.06. The summed E-state index contributed by atoms with van der Waals surface area (Å²) in [5.74, 6) is -0.0267. The summed E-state index contributed by atoms with van der Waals surface area (Å²) in [5.41, 5.74) is 4.69. The lowest BCUT2D eigenvalue weighted by atomic mass is 10.1. The predicted octanol–water partition coefficient (Wildman–Crippen LogP) is 8.18. The molecule has 162 valence electrons. The lowest BCUT2D eigenvalue weighted by molar-refractivity contribution is 0.102. The van der Waals surface area contributed by atoms with E-state index in [1.54, 1.807) is 23.5 Å². The maximum atomic E-state index is 12.1. The second kappa shape index (κ2) is 9.48. The fourth-order valence-electron chi connectivity index (χ4n) is 3.52. The minimum Gasteiger partial charge on any atom is -0.321 e. The minimum absolute atomic E-state index is 0.0267. The van der Waals surface area contributed by atoms with Gasteiger partial charge in [-0.3, -0.25) is 4.79 Å². The molecule has 1 amide bonds. The summed E-state index contributed by atoms with van der Waals surface area (Å²) in [5, 5.41) is 3.51. The van der Waals surface area contributed by atoms with Crippen LogP contribution < -0.4 is 5.32 Å². The molecule has 1 N–H and O–H groups in total. The van der Waals surface area contributed by atoms with E-state index in [0.29, 0.717) is 5.17 Å². The van der Waals surface area contributed by atoms with Crippen LogP contribution in [-0.2, 0) is 0 Å². The number of hydrogen-bond acceptors (Lipinski definition) is 4. The Hall–Kier alpha value is -2.99. The summed E-state index contributed by atoms with van der Waals surface area (Å²) in [6.45, 7) is 2.00. The van der Waals surface area contributed by atoms with Crippen LogP contribution in [-0.4, -0.2) is 11.1 Å².